The van der Waals surface area contributed by atoms with Gasteiger partial charge in [-0.2, -0.15) is 0 Å². The summed E-state index contributed by atoms with van der Waals surface area (Å²) in [6, 6.07) is 13.7. The van der Waals surface area contributed by atoms with Crippen molar-refractivity contribution in [3.63, 3.8) is 0 Å². The zero-order valence-corrected chi connectivity index (χ0v) is 16.9. The summed E-state index contributed by atoms with van der Waals surface area (Å²) >= 11 is 1.48. The van der Waals surface area contributed by atoms with Gasteiger partial charge in [-0.15, -0.1) is 0 Å². The lowest BCUT2D eigenvalue weighted by molar-refractivity contribution is -0.114. The van der Waals surface area contributed by atoms with Crippen LogP contribution in [0.5, 0.6) is 0 Å². The van der Waals surface area contributed by atoms with E-state index >= 15 is 0 Å². The molecule has 5 heteroatoms. The first-order valence-electron chi connectivity index (χ1n) is 9.46. The summed E-state index contributed by atoms with van der Waals surface area (Å²) in [5.41, 5.74) is 6.31. The Kier molecular flexibility index (Phi) is 5.18. The molecule has 1 N–H and O–H groups in total. The summed E-state index contributed by atoms with van der Waals surface area (Å²) in [4.78, 5) is 28.5. The van der Waals surface area contributed by atoms with E-state index in [2.05, 4.69) is 30.4 Å². The van der Waals surface area contributed by atoms with Gasteiger partial charge in [-0.1, -0.05) is 11.8 Å². The summed E-state index contributed by atoms with van der Waals surface area (Å²) in [6.45, 7) is 3.51. The van der Waals surface area contributed by atoms with Gasteiger partial charge >= 0.3 is 0 Å². The standard InChI is InChI=1S/C23H22N2O2S/c1-14-10-19-11-17-4-3-5-18(17)12-21(19)25-23(14)28-13-22(27)16-6-8-20(9-7-16)24-15(2)26/h6-12H,3-5,13H2,1-2H3,(H,24,26). The zero-order valence-electron chi connectivity index (χ0n) is 16.0. The Balaban J connectivity index is 1.48. The second-order valence-electron chi connectivity index (χ2n) is 7.25. The van der Waals surface area contributed by atoms with E-state index in [0.717, 1.165) is 28.9 Å². The van der Waals surface area contributed by atoms with Crippen LogP contribution in [-0.2, 0) is 17.6 Å². The number of fused-ring (bicyclic) bond motifs is 2. The lowest BCUT2D eigenvalue weighted by Gasteiger charge is -2.09. The number of aromatic nitrogens is 1. The Morgan fingerprint density at radius 1 is 1.07 bits per heavy atom. The van der Waals surface area contributed by atoms with Gasteiger partial charge in [-0.3, -0.25) is 9.59 Å². The molecular formula is C23H22N2O2S. The highest BCUT2D eigenvalue weighted by Gasteiger charge is 2.14. The Hall–Kier alpha value is -2.66. The largest absolute Gasteiger partial charge is 0.326 e. The molecule has 0 saturated heterocycles. The van der Waals surface area contributed by atoms with E-state index in [1.54, 1.807) is 24.3 Å². The fraction of sp³-hybridized carbons (Fsp3) is 0.261. The van der Waals surface area contributed by atoms with E-state index in [0.29, 0.717) is 17.0 Å². The number of carbonyl (C=O) groups is 2. The van der Waals surface area contributed by atoms with Crippen LogP contribution >= 0.6 is 11.8 Å². The van der Waals surface area contributed by atoms with E-state index < -0.39 is 0 Å². The van der Waals surface area contributed by atoms with E-state index in [-0.39, 0.29) is 11.7 Å². The second kappa shape index (κ2) is 7.76. The van der Waals surface area contributed by atoms with Crippen molar-refractivity contribution in [2.75, 3.05) is 11.1 Å². The minimum Gasteiger partial charge on any atom is -0.326 e. The van der Waals surface area contributed by atoms with Crippen LogP contribution in [0, 0.1) is 6.92 Å². The fourth-order valence-electron chi connectivity index (χ4n) is 3.64. The molecule has 0 unspecified atom stereocenters. The number of benzene rings is 2. The van der Waals surface area contributed by atoms with Gasteiger partial charge in [0, 0.05) is 23.6 Å². The minimum absolute atomic E-state index is 0.0506. The van der Waals surface area contributed by atoms with Crippen LogP contribution in [0.1, 0.15) is 40.4 Å². The zero-order chi connectivity index (χ0) is 19.7. The van der Waals surface area contributed by atoms with Crippen LogP contribution in [-0.4, -0.2) is 22.4 Å². The number of Topliss-reactive ketones (excluding diaryl/α,β-unsaturated/α-hetero) is 1. The quantitative estimate of drug-likeness (QED) is 0.494. The van der Waals surface area contributed by atoms with Crippen LogP contribution in [0.2, 0.25) is 0 Å². The molecule has 1 amide bonds. The smallest absolute Gasteiger partial charge is 0.221 e. The third kappa shape index (κ3) is 3.94. The van der Waals surface area contributed by atoms with Gasteiger partial charge in [0.05, 0.1) is 11.3 Å². The van der Waals surface area contributed by atoms with Crippen molar-refractivity contribution in [3.8, 4) is 0 Å². The molecule has 0 spiro atoms. The van der Waals surface area contributed by atoms with Crippen molar-refractivity contribution in [2.45, 2.75) is 38.1 Å². The first-order chi connectivity index (χ1) is 13.5. The first kappa shape index (κ1) is 18.7. The Labute approximate surface area is 168 Å². The highest BCUT2D eigenvalue weighted by Crippen LogP contribution is 2.30. The normalized spacial score (nSPS) is 12.8. The number of nitrogens with zero attached hydrogens (tertiary/aromatic N) is 1. The summed E-state index contributed by atoms with van der Waals surface area (Å²) in [6.07, 6.45) is 3.52. The van der Waals surface area contributed by atoms with Gasteiger partial charge in [0.1, 0.15) is 5.03 Å². The molecule has 0 radical (unpaired) electrons. The molecule has 0 bridgehead atoms. The lowest BCUT2D eigenvalue weighted by atomic mass is 10.1. The molecule has 1 aliphatic rings. The lowest BCUT2D eigenvalue weighted by Crippen LogP contribution is -2.07. The summed E-state index contributed by atoms with van der Waals surface area (Å²) in [7, 11) is 0. The van der Waals surface area contributed by atoms with Gasteiger partial charge in [0.2, 0.25) is 5.91 Å². The van der Waals surface area contributed by atoms with Crippen molar-refractivity contribution in [2.24, 2.45) is 0 Å². The van der Waals surface area contributed by atoms with Crippen LogP contribution in [0.4, 0.5) is 5.69 Å². The maximum absolute atomic E-state index is 12.5. The predicted octanol–water partition coefficient (Wildman–Crippen LogP) is 4.97. The molecule has 28 heavy (non-hydrogen) atoms. The van der Waals surface area contributed by atoms with E-state index in [9.17, 15) is 9.59 Å². The number of anilines is 1. The molecule has 1 aliphatic carbocycles. The minimum atomic E-state index is -0.127. The van der Waals surface area contributed by atoms with Crippen molar-refractivity contribution >= 4 is 40.0 Å². The molecule has 4 nitrogen and oxygen atoms in total. The molecule has 0 fully saturated rings. The number of hydrogen-bond acceptors (Lipinski definition) is 4. The number of nitrogens with one attached hydrogen (secondary N) is 1. The number of ketones is 1. The van der Waals surface area contributed by atoms with Crippen molar-refractivity contribution < 1.29 is 9.59 Å². The molecule has 1 heterocycles. The third-order valence-corrected chi connectivity index (χ3v) is 6.13. The van der Waals surface area contributed by atoms with Crippen LogP contribution in [0.3, 0.4) is 0 Å². The SMILES string of the molecule is CC(=O)Nc1ccc(C(=O)CSc2nc3cc4c(cc3cc2C)CCC4)cc1. The van der Waals surface area contributed by atoms with Gasteiger partial charge < -0.3 is 5.32 Å². The van der Waals surface area contributed by atoms with Gasteiger partial charge in [-0.05, 0) is 85.3 Å². The predicted molar refractivity (Wildman–Crippen MR) is 114 cm³/mol. The number of pyridine rings is 1. The number of carbonyl (C=O) groups excluding carboxylic acids is 2. The summed E-state index contributed by atoms with van der Waals surface area (Å²) < 4.78 is 0. The number of aryl methyl sites for hydroxylation is 3. The number of rotatable bonds is 5. The van der Waals surface area contributed by atoms with Gasteiger partial charge in [-0.25, -0.2) is 4.98 Å². The molecule has 0 atom stereocenters. The van der Waals surface area contributed by atoms with Crippen LogP contribution < -0.4 is 5.32 Å². The van der Waals surface area contributed by atoms with Crippen LogP contribution in [0.15, 0.2) is 47.5 Å². The maximum Gasteiger partial charge on any atom is 0.221 e. The van der Waals surface area contributed by atoms with E-state index in [4.69, 9.17) is 4.98 Å². The second-order valence-corrected chi connectivity index (χ2v) is 8.21. The van der Waals surface area contributed by atoms with E-state index in [1.807, 2.05) is 0 Å². The van der Waals surface area contributed by atoms with Crippen molar-refractivity contribution in [1.82, 2.24) is 4.98 Å². The number of thioether (sulfide) groups is 1. The molecule has 1 aromatic heterocycles. The average molecular weight is 391 g/mol. The Morgan fingerprint density at radius 2 is 1.79 bits per heavy atom. The highest BCUT2D eigenvalue weighted by atomic mass is 32.2. The molecular weight excluding hydrogens is 368 g/mol. The maximum atomic E-state index is 12.5. The molecule has 0 aliphatic heterocycles. The average Bonchev–Trinajstić information content (AvgIpc) is 3.11. The van der Waals surface area contributed by atoms with Crippen LogP contribution in [0.25, 0.3) is 10.9 Å². The van der Waals surface area contributed by atoms with Gasteiger partial charge in [0.15, 0.2) is 5.78 Å². The van der Waals surface area contributed by atoms with Gasteiger partial charge in [0.25, 0.3) is 0 Å². The topological polar surface area (TPSA) is 59.1 Å². The first-order valence-corrected chi connectivity index (χ1v) is 10.4. The van der Waals surface area contributed by atoms with Crippen molar-refractivity contribution in [1.29, 1.82) is 0 Å². The van der Waals surface area contributed by atoms with Crippen molar-refractivity contribution in [3.05, 3.63) is 64.7 Å². The third-order valence-electron chi connectivity index (χ3n) is 5.04. The summed E-state index contributed by atoms with van der Waals surface area (Å²) in [5.74, 6) is 0.261. The fourth-order valence-corrected chi connectivity index (χ4v) is 4.53. The number of hydrogen-bond donors (Lipinski definition) is 1. The Morgan fingerprint density at radius 3 is 2.50 bits per heavy atom. The highest BCUT2D eigenvalue weighted by molar-refractivity contribution is 8.00. The molecule has 142 valence electrons. The van der Waals surface area contributed by atoms with E-state index in [1.165, 1.54) is 41.6 Å². The molecule has 3 aromatic rings. The molecule has 2 aromatic carbocycles. The Bertz CT molecular complexity index is 1070. The molecule has 4 rings (SSSR count). The monoisotopic (exact) mass is 390 g/mol. The summed E-state index contributed by atoms with van der Waals surface area (Å²) in [5, 5.41) is 4.80. The molecule has 0 saturated carbocycles. The number of amides is 1.